The fourth-order valence-corrected chi connectivity index (χ4v) is 3.23. The molecule has 0 fully saturated rings. The quantitative estimate of drug-likeness (QED) is 0.626. The number of nitrogens with one attached hydrogen (secondary N) is 1. The molecule has 29 heavy (non-hydrogen) atoms. The normalized spacial score (nSPS) is 12.6. The third-order valence-electron chi connectivity index (χ3n) is 4.74. The highest BCUT2D eigenvalue weighted by atomic mass is 16.5. The molecule has 0 saturated heterocycles. The molecule has 1 aliphatic heterocycles. The molecular formula is C21H22N2O6. The second-order valence-electron chi connectivity index (χ2n) is 6.48. The van der Waals surface area contributed by atoms with Gasteiger partial charge >= 0.3 is 17.8 Å². The maximum absolute atomic E-state index is 12.6. The van der Waals surface area contributed by atoms with E-state index in [1.165, 1.54) is 18.1 Å². The van der Waals surface area contributed by atoms with Crippen LogP contribution in [0.2, 0.25) is 0 Å². The fraction of sp³-hybridized carbons (Fsp3) is 0.286. The van der Waals surface area contributed by atoms with Crippen LogP contribution in [0.3, 0.4) is 0 Å². The van der Waals surface area contributed by atoms with Crippen LogP contribution >= 0.6 is 0 Å². The van der Waals surface area contributed by atoms with Gasteiger partial charge in [-0.3, -0.25) is 9.59 Å². The molecule has 0 spiro atoms. The molecule has 2 amide bonds. The van der Waals surface area contributed by atoms with Crippen molar-refractivity contribution >= 4 is 23.5 Å². The van der Waals surface area contributed by atoms with Crippen molar-refractivity contribution in [1.29, 1.82) is 0 Å². The van der Waals surface area contributed by atoms with Crippen LogP contribution in [0, 0.1) is 0 Å². The summed E-state index contributed by atoms with van der Waals surface area (Å²) in [5.74, 6) is -0.729. The molecule has 1 aliphatic rings. The summed E-state index contributed by atoms with van der Waals surface area (Å²) >= 11 is 0. The van der Waals surface area contributed by atoms with Crippen molar-refractivity contribution in [3.05, 3.63) is 53.1 Å². The van der Waals surface area contributed by atoms with Gasteiger partial charge in [-0.1, -0.05) is 6.07 Å². The number of benzene rings is 2. The molecule has 0 radical (unpaired) electrons. The molecule has 0 atom stereocenters. The number of hydrogen-bond acceptors (Lipinski definition) is 6. The average molecular weight is 398 g/mol. The van der Waals surface area contributed by atoms with E-state index in [1.807, 2.05) is 12.1 Å². The number of hydrogen-bond donors (Lipinski definition) is 1. The lowest BCUT2D eigenvalue weighted by molar-refractivity contribution is -0.143. The summed E-state index contributed by atoms with van der Waals surface area (Å²) in [6, 6.07) is 9.94. The summed E-state index contributed by atoms with van der Waals surface area (Å²) in [6.07, 6.45) is 0.604. The minimum Gasteiger partial charge on any atom is -0.493 e. The number of carbonyl (C=O) groups excluding carboxylic acids is 3. The van der Waals surface area contributed by atoms with Crippen LogP contribution < -0.4 is 14.8 Å². The number of nitrogens with zero attached hydrogens (tertiary/aromatic N) is 1. The lowest BCUT2D eigenvalue weighted by atomic mass is 9.98. The van der Waals surface area contributed by atoms with Gasteiger partial charge in [0.25, 0.3) is 0 Å². The molecule has 1 heterocycles. The number of ether oxygens (including phenoxy) is 3. The molecule has 8 heteroatoms. The first-order valence-corrected chi connectivity index (χ1v) is 8.99. The lowest BCUT2D eigenvalue weighted by Gasteiger charge is -2.29. The second-order valence-corrected chi connectivity index (χ2v) is 6.48. The zero-order chi connectivity index (χ0) is 21.0. The topological polar surface area (TPSA) is 94.2 Å². The Morgan fingerprint density at radius 1 is 0.966 bits per heavy atom. The molecule has 2 aromatic carbocycles. The van der Waals surface area contributed by atoms with Crippen LogP contribution in [-0.4, -0.2) is 50.6 Å². The molecule has 0 unspecified atom stereocenters. The Bertz CT molecular complexity index is 956. The predicted molar refractivity (Wildman–Crippen MR) is 105 cm³/mol. The largest absolute Gasteiger partial charge is 0.493 e. The summed E-state index contributed by atoms with van der Waals surface area (Å²) in [7, 11) is 4.39. The van der Waals surface area contributed by atoms with Gasteiger partial charge < -0.3 is 24.4 Å². The van der Waals surface area contributed by atoms with Crippen molar-refractivity contribution in [3.63, 3.8) is 0 Å². The van der Waals surface area contributed by atoms with Crippen LogP contribution in [0.4, 0.5) is 5.69 Å². The molecule has 152 valence electrons. The van der Waals surface area contributed by atoms with Crippen molar-refractivity contribution in [3.8, 4) is 11.5 Å². The molecule has 0 saturated carbocycles. The number of esters is 1. The van der Waals surface area contributed by atoms with Crippen molar-refractivity contribution in [1.82, 2.24) is 4.90 Å². The Kier molecular flexibility index (Phi) is 6.01. The highest BCUT2D eigenvalue weighted by Crippen LogP contribution is 2.33. The summed E-state index contributed by atoms with van der Waals surface area (Å²) in [6.45, 7) is 0.709. The number of amides is 2. The third kappa shape index (κ3) is 4.31. The monoisotopic (exact) mass is 398 g/mol. The molecule has 0 aromatic heterocycles. The number of carbonyl (C=O) groups is 3. The van der Waals surface area contributed by atoms with Gasteiger partial charge in [-0.25, -0.2) is 4.79 Å². The maximum Gasteiger partial charge on any atom is 0.337 e. The number of rotatable bonds is 4. The third-order valence-corrected chi connectivity index (χ3v) is 4.74. The Balaban J connectivity index is 1.71. The molecule has 0 aliphatic carbocycles. The highest BCUT2D eigenvalue weighted by Gasteiger charge is 2.27. The SMILES string of the molecule is COC(=O)c1cccc(NC(=O)C(=O)N2CCc3cc(OC)c(OC)cc3C2)c1. The van der Waals surface area contributed by atoms with Gasteiger partial charge in [0, 0.05) is 18.8 Å². The lowest BCUT2D eigenvalue weighted by Crippen LogP contribution is -2.42. The Hall–Kier alpha value is -3.55. The Morgan fingerprint density at radius 3 is 2.31 bits per heavy atom. The Morgan fingerprint density at radius 2 is 1.66 bits per heavy atom. The first-order valence-electron chi connectivity index (χ1n) is 8.99. The van der Waals surface area contributed by atoms with E-state index >= 15 is 0 Å². The van der Waals surface area contributed by atoms with E-state index in [0.717, 1.165) is 11.1 Å². The van der Waals surface area contributed by atoms with E-state index in [2.05, 4.69) is 10.1 Å². The van der Waals surface area contributed by atoms with Crippen LogP contribution in [0.5, 0.6) is 11.5 Å². The standard InChI is InChI=1S/C21H22N2O6/c1-27-17-10-13-7-8-23(12-15(13)11-18(17)28-2)20(25)19(24)22-16-6-4-5-14(9-16)21(26)29-3/h4-6,9-11H,7-8,12H2,1-3H3,(H,22,24). The zero-order valence-corrected chi connectivity index (χ0v) is 16.5. The minimum absolute atomic E-state index is 0.283. The summed E-state index contributed by atoms with van der Waals surface area (Å²) in [5, 5.41) is 2.54. The summed E-state index contributed by atoms with van der Waals surface area (Å²) < 4.78 is 15.3. The van der Waals surface area contributed by atoms with E-state index < -0.39 is 17.8 Å². The summed E-state index contributed by atoms with van der Waals surface area (Å²) in [5.41, 5.74) is 2.58. The van der Waals surface area contributed by atoms with Crippen molar-refractivity contribution in [2.24, 2.45) is 0 Å². The zero-order valence-electron chi connectivity index (χ0n) is 16.5. The molecule has 8 nitrogen and oxygen atoms in total. The number of anilines is 1. The van der Waals surface area contributed by atoms with E-state index in [4.69, 9.17) is 9.47 Å². The molecule has 2 aromatic rings. The van der Waals surface area contributed by atoms with Gasteiger partial charge in [-0.05, 0) is 47.9 Å². The Labute approximate surface area is 168 Å². The second kappa shape index (κ2) is 8.64. The van der Waals surface area contributed by atoms with Gasteiger partial charge in [0.2, 0.25) is 0 Å². The van der Waals surface area contributed by atoms with Gasteiger partial charge in [0.15, 0.2) is 11.5 Å². The van der Waals surface area contributed by atoms with Gasteiger partial charge in [0.1, 0.15) is 0 Å². The van der Waals surface area contributed by atoms with Crippen LogP contribution in [0.1, 0.15) is 21.5 Å². The van der Waals surface area contributed by atoms with Crippen LogP contribution in [0.15, 0.2) is 36.4 Å². The van der Waals surface area contributed by atoms with Crippen molar-refractivity contribution < 1.29 is 28.6 Å². The first kappa shape index (κ1) is 20.2. The van der Waals surface area contributed by atoms with E-state index in [0.29, 0.717) is 36.7 Å². The molecule has 1 N–H and O–H groups in total. The van der Waals surface area contributed by atoms with E-state index in [9.17, 15) is 14.4 Å². The van der Waals surface area contributed by atoms with Gasteiger partial charge in [0.05, 0.1) is 26.9 Å². The van der Waals surface area contributed by atoms with Gasteiger partial charge in [-0.15, -0.1) is 0 Å². The van der Waals surface area contributed by atoms with E-state index in [1.54, 1.807) is 32.4 Å². The highest BCUT2D eigenvalue weighted by molar-refractivity contribution is 6.39. The molecule has 0 bridgehead atoms. The first-order chi connectivity index (χ1) is 14.0. The molecule has 3 rings (SSSR count). The molecular weight excluding hydrogens is 376 g/mol. The van der Waals surface area contributed by atoms with Crippen LogP contribution in [0.25, 0.3) is 0 Å². The smallest absolute Gasteiger partial charge is 0.337 e. The van der Waals surface area contributed by atoms with Crippen molar-refractivity contribution in [2.75, 3.05) is 33.2 Å². The van der Waals surface area contributed by atoms with Crippen LogP contribution in [-0.2, 0) is 27.3 Å². The average Bonchev–Trinajstić information content (AvgIpc) is 2.76. The maximum atomic E-state index is 12.6. The van der Waals surface area contributed by atoms with Gasteiger partial charge in [-0.2, -0.15) is 0 Å². The summed E-state index contributed by atoms with van der Waals surface area (Å²) in [4.78, 5) is 38.2. The fourth-order valence-electron chi connectivity index (χ4n) is 3.23. The number of methoxy groups -OCH3 is 3. The number of fused-ring (bicyclic) bond motifs is 1. The van der Waals surface area contributed by atoms with E-state index in [-0.39, 0.29) is 5.56 Å². The minimum atomic E-state index is -0.768. The predicted octanol–water partition coefficient (Wildman–Crippen LogP) is 2.01. The van der Waals surface area contributed by atoms with Crippen molar-refractivity contribution in [2.45, 2.75) is 13.0 Å².